The van der Waals surface area contributed by atoms with E-state index in [4.69, 9.17) is 0 Å². The fraction of sp³-hybridized carbons (Fsp3) is 0.636. The van der Waals surface area contributed by atoms with Gasteiger partial charge in [0.25, 0.3) is 0 Å². The zero-order valence-corrected chi connectivity index (χ0v) is 27.2. The molecule has 0 atom stereocenters. The number of nitrogens with zero attached hydrogens (tertiary/aromatic N) is 1. The third kappa shape index (κ3) is 14.5. The highest BCUT2D eigenvalue weighted by Crippen LogP contribution is 2.34. The van der Waals surface area contributed by atoms with Crippen molar-refractivity contribution in [3.63, 3.8) is 0 Å². The Morgan fingerprint density at radius 1 is 1.12 bits per heavy atom. The molecule has 0 bridgehead atoms. The molecular formula is C33H49N3O6S. The lowest BCUT2D eigenvalue weighted by atomic mass is 9.90. The van der Waals surface area contributed by atoms with Gasteiger partial charge in [-0.05, 0) is 64.9 Å². The second-order valence-corrected chi connectivity index (χ2v) is 13.0. The number of ether oxygens (including phenoxy) is 1. The summed E-state index contributed by atoms with van der Waals surface area (Å²) in [7, 11) is 1.32. The van der Waals surface area contributed by atoms with E-state index < -0.39 is 12.1 Å². The highest BCUT2D eigenvalue weighted by molar-refractivity contribution is 7.15. The van der Waals surface area contributed by atoms with Gasteiger partial charge in [0.15, 0.2) is 0 Å². The summed E-state index contributed by atoms with van der Waals surface area (Å²) >= 11 is 1.08. The predicted molar refractivity (Wildman–Crippen MR) is 172 cm³/mol. The topological polar surface area (TPSA) is 125 Å². The molecule has 3 fully saturated rings. The fourth-order valence-corrected chi connectivity index (χ4v) is 5.82. The molecule has 43 heavy (non-hydrogen) atoms. The molecule has 9 nitrogen and oxygen atoms in total. The molecule has 0 spiro atoms. The molecule has 4 rings (SSSR count). The van der Waals surface area contributed by atoms with Gasteiger partial charge in [0.1, 0.15) is 4.88 Å². The van der Waals surface area contributed by atoms with E-state index >= 15 is 0 Å². The first-order valence-electron chi connectivity index (χ1n) is 15.0. The smallest absolute Gasteiger partial charge is 0.407 e. The molecule has 3 N–H and O–H groups in total. The van der Waals surface area contributed by atoms with Crippen molar-refractivity contribution in [1.29, 1.82) is 0 Å². The molecule has 1 aliphatic heterocycles. The van der Waals surface area contributed by atoms with E-state index in [2.05, 4.69) is 47.0 Å². The Balaban J connectivity index is 0.000000498. The summed E-state index contributed by atoms with van der Waals surface area (Å²) in [5, 5.41) is 15.0. The van der Waals surface area contributed by atoms with Crippen molar-refractivity contribution in [1.82, 2.24) is 10.6 Å². The van der Waals surface area contributed by atoms with E-state index in [9.17, 15) is 24.3 Å². The number of carbonyl (C=O) groups is 4. The molecule has 0 aromatic carbocycles. The standard InChI is InChI=1S/C20H26N2O5S.C7H14.C4H7NO.C2H2/c1-20(2,3)10-9-15-11-16(17(28-15)18(24)25)22(12-23)14-7-5-13(6-8-14)21-19(26)27-4;1-7-5-3-2-4-6-7;6-4-2-1-3-5-4;1-2/h11-14H,5-8H2,1-4H3,(H,21,26)(H,24,25);7H,2-6H2,1H3;1-3H2,(H,5,6);1-2H. The first kappa shape index (κ1) is 37.5. The van der Waals surface area contributed by atoms with Crippen LogP contribution in [0.3, 0.4) is 0 Å². The number of hydrogen-bond donors (Lipinski definition) is 3. The molecule has 2 aliphatic carbocycles. The first-order chi connectivity index (χ1) is 20.4. The summed E-state index contributed by atoms with van der Waals surface area (Å²) in [4.78, 5) is 47.2. The van der Waals surface area contributed by atoms with Crippen LogP contribution in [0, 0.1) is 36.0 Å². The average Bonchev–Trinajstić information content (AvgIpc) is 3.64. The second-order valence-electron chi connectivity index (χ2n) is 12.0. The number of alkyl carbamates (subject to hydrolysis) is 1. The Bertz CT molecular complexity index is 1110. The Morgan fingerprint density at radius 3 is 2.14 bits per heavy atom. The van der Waals surface area contributed by atoms with Gasteiger partial charge >= 0.3 is 12.1 Å². The monoisotopic (exact) mass is 615 g/mol. The molecule has 1 aromatic heterocycles. The third-order valence-corrected chi connectivity index (χ3v) is 8.28. The number of anilines is 1. The molecule has 1 aromatic rings. The summed E-state index contributed by atoms with van der Waals surface area (Å²) in [6.45, 7) is 9.18. The van der Waals surface area contributed by atoms with Crippen molar-refractivity contribution < 1.29 is 29.0 Å². The van der Waals surface area contributed by atoms with E-state index in [0.29, 0.717) is 42.7 Å². The Morgan fingerprint density at radius 2 is 1.74 bits per heavy atom. The van der Waals surface area contributed by atoms with Crippen molar-refractivity contribution in [2.45, 2.75) is 110 Å². The van der Waals surface area contributed by atoms with Crippen molar-refractivity contribution in [3.8, 4) is 24.7 Å². The zero-order chi connectivity index (χ0) is 32.4. The van der Waals surface area contributed by atoms with Gasteiger partial charge in [-0.3, -0.25) is 9.59 Å². The molecule has 2 saturated carbocycles. The fourth-order valence-electron chi connectivity index (χ4n) is 4.97. The number of carbonyl (C=O) groups excluding carboxylic acids is 3. The third-order valence-electron chi connectivity index (χ3n) is 7.25. The summed E-state index contributed by atoms with van der Waals surface area (Å²) in [5.74, 6) is 6.28. The van der Waals surface area contributed by atoms with E-state index in [1.165, 1.54) is 44.1 Å². The van der Waals surface area contributed by atoms with Crippen LogP contribution >= 0.6 is 11.3 Å². The van der Waals surface area contributed by atoms with Crippen molar-refractivity contribution in [3.05, 3.63) is 15.8 Å². The predicted octanol–water partition coefficient (Wildman–Crippen LogP) is 6.21. The summed E-state index contributed by atoms with van der Waals surface area (Å²) in [6.07, 6.45) is 20.1. The van der Waals surface area contributed by atoms with Crippen molar-refractivity contribution in [2.24, 2.45) is 11.3 Å². The number of carboxylic acids is 1. The van der Waals surface area contributed by atoms with Crippen LogP contribution in [0.5, 0.6) is 0 Å². The van der Waals surface area contributed by atoms with Crippen LogP contribution < -0.4 is 15.5 Å². The zero-order valence-electron chi connectivity index (χ0n) is 26.4. The number of hydrogen-bond acceptors (Lipinski definition) is 6. The first-order valence-corrected chi connectivity index (χ1v) is 15.8. The quantitative estimate of drug-likeness (QED) is 0.267. The van der Waals surface area contributed by atoms with Crippen LogP contribution in [-0.2, 0) is 14.3 Å². The Hall–Kier alpha value is -3.50. The number of terminal acetylenes is 1. The van der Waals surface area contributed by atoms with Gasteiger partial charge in [-0.25, -0.2) is 9.59 Å². The highest BCUT2D eigenvalue weighted by atomic mass is 32.1. The SMILES string of the molecule is C#C.CC1CCCCC1.COC(=O)NC1CCC(N(C=O)c2cc(C#CC(C)(C)C)sc2C(=O)O)CC1.O=C1CCCN1. The molecule has 2 heterocycles. The van der Waals surface area contributed by atoms with Crippen molar-refractivity contribution >= 4 is 41.4 Å². The number of methoxy groups -OCH3 is 1. The minimum Gasteiger partial charge on any atom is -0.477 e. The Kier molecular flexibility index (Phi) is 17.1. The van der Waals surface area contributed by atoms with Gasteiger partial charge in [-0.1, -0.05) is 50.9 Å². The highest BCUT2D eigenvalue weighted by Gasteiger charge is 2.30. The number of rotatable bonds is 5. The van der Waals surface area contributed by atoms with E-state index in [0.717, 1.165) is 36.6 Å². The second kappa shape index (κ2) is 19.6. The van der Waals surface area contributed by atoms with Gasteiger partial charge in [-0.2, -0.15) is 0 Å². The molecular weight excluding hydrogens is 566 g/mol. The van der Waals surface area contributed by atoms with Crippen molar-refractivity contribution in [2.75, 3.05) is 18.6 Å². The van der Waals surface area contributed by atoms with Crippen LogP contribution in [0.1, 0.15) is 113 Å². The molecule has 0 unspecified atom stereocenters. The number of aromatic carboxylic acids is 1. The van der Waals surface area contributed by atoms with Gasteiger partial charge in [-0.15, -0.1) is 24.2 Å². The van der Waals surface area contributed by atoms with E-state index in [-0.39, 0.29) is 28.3 Å². The molecule has 0 radical (unpaired) electrons. The number of carboxylic acid groups (broad SMARTS) is 1. The lowest BCUT2D eigenvalue weighted by Gasteiger charge is -2.34. The minimum atomic E-state index is -1.07. The molecule has 238 valence electrons. The van der Waals surface area contributed by atoms with E-state index in [1.54, 1.807) is 6.07 Å². The summed E-state index contributed by atoms with van der Waals surface area (Å²) in [5.41, 5.74) is 0.179. The van der Waals surface area contributed by atoms with Gasteiger partial charge < -0.3 is 25.4 Å². The van der Waals surface area contributed by atoms with Crippen LogP contribution in [0.2, 0.25) is 0 Å². The number of thiophene rings is 1. The summed E-state index contributed by atoms with van der Waals surface area (Å²) < 4.78 is 4.62. The van der Waals surface area contributed by atoms with Crippen LogP contribution in [0.25, 0.3) is 0 Å². The molecule has 3 amide bonds. The molecule has 3 aliphatic rings. The molecule has 10 heteroatoms. The van der Waals surface area contributed by atoms with Gasteiger partial charge in [0.05, 0.1) is 17.7 Å². The van der Waals surface area contributed by atoms with Crippen LogP contribution in [0.15, 0.2) is 6.07 Å². The average molecular weight is 616 g/mol. The number of nitrogens with one attached hydrogen (secondary N) is 2. The maximum absolute atomic E-state index is 11.8. The van der Waals surface area contributed by atoms with Crippen LogP contribution in [0.4, 0.5) is 10.5 Å². The summed E-state index contributed by atoms with van der Waals surface area (Å²) in [6, 6.07) is 1.55. The Labute approximate surface area is 261 Å². The maximum atomic E-state index is 11.8. The largest absolute Gasteiger partial charge is 0.477 e. The minimum absolute atomic E-state index is 0.00756. The number of amides is 3. The maximum Gasteiger partial charge on any atom is 0.407 e. The lowest BCUT2D eigenvalue weighted by molar-refractivity contribution is -0.119. The van der Waals surface area contributed by atoms with Gasteiger partial charge in [0, 0.05) is 30.5 Å². The normalized spacial score (nSPS) is 19.6. The lowest BCUT2D eigenvalue weighted by Crippen LogP contribution is -2.44. The van der Waals surface area contributed by atoms with Gasteiger partial charge in [0.2, 0.25) is 12.3 Å². The molecule has 1 saturated heterocycles. The van der Waals surface area contributed by atoms with E-state index in [1.807, 2.05) is 20.8 Å². The van der Waals surface area contributed by atoms with Crippen LogP contribution in [-0.4, -0.2) is 55.2 Å².